The summed E-state index contributed by atoms with van der Waals surface area (Å²) in [7, 11) is 3.23. The van der Waals surface area contributed by atoms with E-state index >= 15 is 0 Å². The zero-order valence-corrected chi connectivity index (χ0v) is 12.9. The molecule has 1 aromatic carbocycles. The minimum atomic E-state index is -0.849. The van der Waals surface area contributed by atoms with Crippen LogP contribution in [0.2, 0.25) is 0 Å². The van der Waals surface area contributed by atoms with Crippen LogP contribution in [0.4, 0.5) is 0 Å². The summed E-state index contributed by atoms with van der Waals surface area (Å²) in [4.78, 5) is 23.6. The van der Waals surface area contributed by atoms with E-state index in [1.807, 2.05) is 12.1 Å². The van der Waals surface area contributed by atoms with Crippen LogP contribution in [0.3, 0.4) is 0 Å². The number of carbonyl (C=O) groups excluding carboxylic acids is 2. The van der Waals surface area contributed by atoms with Crippen LogP contribution in [0.1, 0.15) is 31.4 Å². The Labute approximate surface area is 124 Å². The van der Waals surface area contributed by atoms with Gasteiger partial charge in [-0.2, -0.15) is 0 Å². The third kappa shape index (κ3) is 2.73. The van der Waals surface area contributed by atoms with Crippen molar-refractivity contribution in [3.05, 3.63) is 23.3 Å². The van der Waals surface area contributed by atoms with E-state index in [-0.39, 0.29) is 11.7 Å². The number of rotatable bonds is 4. The standard InChI is InChI=1S/C16H21NO4/c1-10(18)16(17-11(2)19)8-7-12-13(9-16)15(21-4)6-5-14(12)20-3/h5-6H,7-9H2,1-4H3,(H,17,19)/t16-/m1/s1. The minimum absolute atomic E-state index is 0.0341. The van der Waals surface area contributed by atoms with Gasteiger partial charge in [-0.3, -0.25) is 9.59 Å². The van der Waals surface area contributed by atoms with Crippen LogP contribution in [-0.2, 0) is 22.4 Å². The summed E-state index contributed by atoms with van der Waals surface area (Å²) in [6.07, 6.45) is 1.66. The number of methoxy groups -OCH3 is 2. The van der Waals surface area contributed by atoms with Crippen molar-refractivity contribution in [1.82, 2.24) is 5.32 Å². The van der Waals surface area contributed by atoms with Gasteiger partial charge in [-0.1, -0.05) is 0 Å². The number of amides is 1. The van der Waals surface area contributed by atoms with Gasteiger partial charge in [0.05, 0.1) is 14.2 Å². The average molecular weight is 291 g/mol. The predicted octanol–water partition coefficient (Wildman–Crippen LogP) is 1.66. The quantitative estimate of drug-likeness (QED) is 0.916. The van der Waals surface area contributed by atoms with E-state index in [0.29, 0.717) is 19.3 Å². The average Bonchev–Trinajstić information content (AvgIpc) is 2.45. The molecule has 2 rings (SSSR count). The molecule has 1 aromatic rings. The highest BCUT2D eigenvalue weighted by Gasteiger charge is 2.41. The van der Waals surface area contributed by atoms with Gasteiger partial charge in [-0.15, -0.1) is 0 Å². The van der Waals surface area contributed by atoms with Crippen molar-refractivity contribution >= 4 is 11.7 Å². The number of carbonyl (C=O) groups is 2. The van der Waals surface area contributed by atoms with Crippen molar-refractivity contribution in [1.29, 1.82) is 0 Å². The highest BCUT2D eigenvalue weighted by Crippen LogP contribution is 2.39. The molecule has 1 N–H and O–H groups in total. The van der Waals surface area contributed by atoms with E-state index in [4.69, 9.17) is 9.47 Å². The third-order valence-corrected chi connectivity index (χ3v) is 4.15. The van der Waals surface area contributed by atoms with E-state index < -0.39 is 5.54 Å². The lowest BCUT2D eigenvalue weighted by molar-refractivity contribution is -0.130. The predicted molar refractivity (Wildman–Crippen MR) is 78.8 cm³/mol. The number of fused-ring (bicyclic) bond motifs is 1. The molecule has 21 heavy (non-hydrogen) atoms. The van der Waals surface area contributed by atoms with Gasteiger partial charge in [0.1, 0.15) is 17.0 Å². The van der Waals surface area contributed by atoms with E-state index in [0.717, 1.165) is 22.6 Å². The molecular weight excluding hydrogens is 270 g/mol. The lowest BCUT2D eigenvalue weighted by Crippen LogP contribution is -2.56. The fourth-order valence-corrected chi connectivity index (χ4v) is 3.06. The van der Waals surface area contributed by atoms with Gasteiger partial charge >= 0.3 is 0 Å². The second kappa shape index (κ2) is 5.76. The molecule has 0 radical (unpaired) electrons. The third-order valence-electron chi connectivity index (χ3n) is 4.15. The zero-order chi connectivity index (χ0) is 15.6. The molecule has 0 unspecified atom stereocenters. The summed E-state index contributed by atoms with van der Waals surface area (Å²) in [5.74, 6) is 1.29. The van der Waals surface area contributed by atoms with Crippen molar-refractivity contribution < 1.29 is 19.1 Å². The maximum absolute atomic E-state index is 12.1. The minimum Gasteiger partial charge on any atom is -0.496 e. The highest BCUT2D eigenvalue weighted by molar-refractivity contribution is 5.91. The Morgan fingerprint density at radius 1 is 1.10 bits per heavy atom. The molecule has 0 saturated heterocycles. The largest absolute Gasteiger partial charge is 0.496 e. The number of ether oxygens (including phenoxy) is 2. The first-order chi connectivity index (χ1) is 9.93. The summed E-state index contributed by atoms with van der Waals surface area (Å²) < 4.78 is 10.8. The van der Waals surface area contributed by atoms with Gasteiger partial charge in [0.25, 0.3) is 0 Å². The van der Waals surface area contributed by atoms with Crippen LogP contribution in [0, 0.1) is 0 Å². The number of nitrogens with one attached hydrogen (secondary N) is 1. The second-order valence-electron chi connectivity index (χ2n) is 5.42. The maximum atomic E-state index is 12.1. The van der Waals surface area contributed by atoms with Gasteiger partial charge in [0, 0.05) is 24.5 Å². The van der Waals surface area contributed by atoms with Gasteiger partial charge in [-0.25, -0.2) is 0 Å². The molecule has 114 valence electrons. The molecule has 1 aliphatic carbocycles. The fourth-order valence-electron chi connectivity index (χ4n) is 3.06. The molecule has 0 aliphatic heterocycles. The van der Waals surface area contributed by atoms with Crippen molar-refractivity contribution in [2.45, 2.75) is 38.6 Å². The van der Waals surface area contributed by atoms with Crippen molar-refractivity contribution in [3.63, 3.8) is 0 Å². The Balaban J connectivity index is 2.50. The topological polar surface area (TPSA) is 64.6 Å². The van der Waals surface area contributed by atoms with Crippen LogP contribution in [0.5, 0.6) is 11.5 Å². The number of hydrogen-bond acceptors (Lipinski definition) is 4. The molecule has 1 amide bonds. The van der Waals surface area contributed by atoms with Crippen LogP contribution in [0.25, 0.3) is 0 Å². The Morgan fingerprint density at radius 2 is 1.67 bits per heavy atom. The van der Waals surface area contributed by atoms with Crippen LogP contribution < -0.4 is 14.8 Å². The molecule has 0 saturated carbocycles. The van der Waals surface area contributed by atoms with E-state index in [1.165, 1.54) is 13.8 Å². The van der Waals surface area contributed by atoms with Gasteiger partial charge in [0.2, 0.25) is 5.91 Å². The van der Waals surface area contributed by atoms with Crippen molar-refractivity contribution in [2.75, 3.05) is 14.2 Å². The summed E-state index contributed by atoms with van der Waals surface area (Å²) in [5.41, 5.74) is 1.14. The first-order valence-electron chi connectivity index (χ1n) is 6.96. The number of benzene rings is 1. The highest BCUT2D eigenvalue weighted by atomic mass is 16.5. The van der Waals surface area contributed by atoms with Gasteiger partial charge in [0.15, 0.2) is 5.78 Å². The van der Waals surface area contributed by atoms with Crippen LogP contribution in [-0.4, -0.2) is 31.4 Å². The summed E-state index contributed by atoms with van der Waals surface area (Å²) in [6.45, 7) is 2.95. The molecule has 0 fully saturated rings. The second-order valence-corrected chi connectivity index (χ2v) is 5.42. The van der Waals surface area contributed by atoms with Gasteiger partial charge < -0.3 is 14.8 Å². The lowest BCUT2D eigenvalue weighted by atomic mass is 9.75. The van der Waals surface area contributed by atoms with Crippen molar-refractivity contribution in [2.24, 2.45) is 0 Å². The Bertz CT molecular complexity index is 582. The molecule has 1 aliphatic rings. The van der Waals surface area contributed by atoms with E-state index in [9.17, 15) is 9.59 Å². The summed E-state index contributed by atoms with van der Waals surface area (Å²) >= 11 is 0. The molecule has 0 spiro atoms. The SMILES string of the molecule is COc1ccc(OC)c2c1CC[C@](NC(C)=O)(C(C)=O)C2. The summed E-state index contributed by atoms with van der Waals surface area (Å²) in [5, 5.41) is 2.84. The first-order valence-corrected chi connectivity index (χ1v) is 6.96. The van der Waals surface area contributed by atoms with E-state index in [2.05, 4.69) is 5.32 Å². The zero-order valence-electron chi connectivity index (χ0n) is 12.9. The number of Topliss-reactive ketones (excluding diaryl/α,β-unsaturated/α-hetero) is 1. The summed E-state index contributed by atoms with van der Waals surface area (Å²) in [6, 6.07) is 3.71. The molecule has 0 heterocycles. The van der Waals surface area contributed by atoms with Crippen LogP contribution in [0.15, 0.2) is 12.1 Å². The maximum Gasteiger partial charge on any atom is 0.217 e. The number of ketones is 1. The molecule has 0 aromatic heterocycles. The smallest absolute Gasteiger partial charge is 0.217 e. The Kier molecular flexibility index (Phi) is 4.21. The van der Waals surface area contributed by atoms with Gasteiger partial charge in [-0.05, 0) is 31.9 Å². The normalized spacial score (nSPS) is 20.4. The Hall–Kier alpha value is -2.04. The lowest BCUT2D eigenvalue weighted by Gasteiger charge is -2.37. The Morgan fingerprint density at radius 3 is 2.14 bits per heavy atom. The van der Waals surface area contributed by atoms with E-state index in [1.54, 1.807) is 14.2 Å². The molecule has 5 heteroatoms. The first kappa shape index (κ1) is 15.4. The van der Waals surface area contributed by atoms with Crippen molar-refractivity contribution in [3.8, 4) is 11.5 Å². The number of hydrogen-bond donors (Lipinski definition) is 1. The molecule has 5 nitrogen and oxygen atoms in total. The molecule has 0 bridgehead atoms. The molecular formula is C16H21NO4. The monoisotopic (exact) mass is 291 g/mol. The molecule has 1 atom stereocenters. The fraction of sp³-hybridized carbons (Fsp3) is 0.500. The van der Waals surface area contributed by atoms with Crippen LogP contribution >= 0.6 is 0 Å².